The lowest BCUT2D eigenvalue weighted by Gasteiger charge is -2.33. The third-order valence-electron chi connectivity index (χ3n) is 4.98. The molecule has 0 aliphatic carbocycles. The Labute approximate surface area is 166 Å². The molecule has 0 unspecified atom stereocenters. The monoisotopic (exact) mass is 380 g/mol. The maximum atomic E-state index is 12.5. The maximum absolute atomic E-state index is 12.5. The molecule has 6 nitrogen and oxygen atoms in total. The van der Waals surface area contributed by atoms with Crippen molar-refractivity contribution in [2.75, 3.05) is 25.0 Å². The van der Waals surface area contributed by atoms with Crippen LogP contribution in [-0.2, 0) is 16.1 Å². The summed E-state index contributed by atoms with van der Waals surface area (Å²) in [5.41, 5.74) is 2.95. The molecule has 1 aromatic carbocycles. The van der Waals surface area contributed by atoms with E-state index in [1.165, 1.54) is 6.42 Å². The molecule has 1 N–H and O–H groups in total. The van der Waals surface area contributed by atoms with Gasteiger partial charge in [-0.05, 0) is 36.2 Å². The zero-order chi connectivity index (χ0) is 19.8. The highest BCUT2D eigenvalue weighted by molar-refractivity contribution is 6.35. The molecule has 0 bridgehead atoms. The van der Waals surface area contributed by atoms with E-state index in [4.69, 9.17) is 0 Å². The van der Waals surface area contributed by atoms with Gasteiger partial charge in [0.25, 0.3) is 0 Å². The fraction of sp³-hybridized carbons (Fsp3) is 0.409. The number of carbonyl (C=O) groups is 2. The second kappa shape index (κ2) is 9.88. The van der Waals surface area contributed by atoms with E-state index in [1.807, 2.05) is 36.4 Å². The van der Waals surface area contributed by atoms with Crippen molar-refractivity contribution in [1.29, 1.82) is 0 Å². The van der Waals surface area contributed by atoms with Gasteiger partial charge in [-0.2, -0.15) is 0 Å². The molecule has 28 heavy (non-hydrogen) atoms. The van der Waals surface area contributed by atoms with Crippen molar-refractivity contribution >= 4 is 23.2 Å². The lowest BCUT2D eigenvalue weighted by atomic mass is 10.1. The number of nitrogens with zero attached hydrogens (tertiary/aromatic N) is 3. The van der Waals surface area contributed by atoms with E-state index in [0.717, 1.165) is 36.2 Å². The molecule has 1 saturated heterocycles. The zero-order valence-corrected chi connectivity index (χ0v) is 16.4. The highest BCUT2D eigenvalue weighted by Gasteiger charge is 2.31. The van der Waals surface area contributed by atoms with Crippen LogP contribution in [0.3, 0.4) is 0 Å². The number of pyridine rings is 1. The number of carbonyl (C=O) groups excluding carboxylic acids is 2. The molecular weight excluding hydrogens is 352 g/mol. The molecule has 3 rings (SSSR count). The molecule has 6 heteroatoms. The van der Waals surface area contributed by atoms with Crippen LogP contribution >= 0.6 is 0 Å². The molecule has 0 saturated carbocycles. The maximum Gasteiger partial charge on any atom is 0.312 e. The number of benzene rings is 1. The van der Waals surface area contributed by atoms with Gasteiger partial charge in [0.15, 0.2) is 0 Å². The molecule has 1 aliphatic heterocycles. The van der Waals surface area contributed by atoms with Crippen LogP contribution in [0.4, 0.5) is 11.4 Å². The van der Waals surface area contributed by atoms with Crippen molar-refractivity contribution < 1.29 is 9.59 Å². The Kier molecular flexibility index (Phi) is 7.00. The van der Waals surface area contributed by atoms with E-state index in [1.54, 1.807) is 22.2 Å². The van der Waals surface area contributed by atoms with Crippen LogP contribution in [0.2, 0.25) is 0 Å². The summed E-state index contributed by atoms with van der Waals surface area (Å²) in [4.78, 5) is 32.2. The van der Waals surface area contributed by atoms with Crippen LogP contribution in [0.1, 0.15) is 38.2 Å². The lowest BCUT2D eigenvalue weighted by Crippen LogP contribution is -2.54. The minimum atomic E-state index is -0.388. The summed E-state index contributed by atoms with van der Waals surface area (Å²) in [7, 11) is 0. The average Bonchev–Trinajstić information content (AvgIpc) is 2.72. The van der Waals surface area contributed by atoms with Gasteiger partial charge in [-0.3, -0.25) is 14.6 Å². The van der Waals surface area contributed by atoms with Crippen molar-refractivity contribution in [2.24, 2.45) is 0 Å². The molecule has 2 aromatic rings. The third-order valence-corrected chi connectivity index (χ3v) is 4.98. The lowest BCUT2D eigenvalue weighted by molar-refractivity contribution is -0.156. The highest BCUT2D eigenvalue weighted by atomic mass is 16.2. The zero-order valence-electron chi connectivity index (χ0n) is 16.4. The van der Waals surface area contributed by atoms with Gasteiger partial charge >= 0.3 is 11.8 Å². The smallest absolute Gasteiger partial charge is 0.312 e. The first-order valence-corrected chi connectivity index (χ1v) is 10.0. The normalized spacial score (nSPS) is 14.5. The molecular formula is C22H28N4O2. The second-order valence-corrected chi connectivity index (χ2v) is 7.14. The number of rotatable bonds is 9. The standard InChI is InChI=1S/C22H28N4O2/c1-2-3-4-5-14-25-15-16-26(22(28)21(25)27)17-18-6-8-19(9-7-18)24-20-10-12-23-13-11-20/h6-13H,2-5,14-17H2,1H3,(H,23,24). The largest absolute Gasteiger partial charge is 0.355 e. The Bertz CT molecular complexity index is 777. The number of nitrogens with one attached hydrogen (secondary N) is 1. The first-order chi connectivity index (χ1) is 13.7. The van der Waals surface area contributed by atoms with Crippen LogP contribution in [0, 0.1) is 0 Å². The van der Waals surface area contributed by atoms with E-state index in [9.17, 15) is 9.59 Å². The van der Waals surface area contributed by atoms with E-state index in [0.29, 0.717) is 26.2 Å². The van der Waals surface area contributed by atoms with Crippen molar-refractivity contribution in [3.05, 3.63) is 54.4 Å². The summed E-state index contributed by atoms with van der Waals surface area (Å²) in [6.45, 7) is 4.53. The van der Waals surface area contributed by atoms with Crippen LogP contribution in [-0.4, -0.2) is 46.2 Å². The molecule has 2 amide bonds. The van der Waals surface area contributed by atoms with Gasteiger partial charge in [-0.15, -0.1) is 0 Å². The van der Waals surface area contributed by atoms with Gasteiger partial charge in [0, 0.05) is 49.9 Å². The number of unbranched alkanes of at least 4 members (excludes halogenated alkanes) is 3. The van der Waals surface area contributed by atoms with Crippen molar-refractivity contribution in [2.45, 2.75) is 39.2 Å². The number of piperazine rings is 1. The Balaban J connectivity index is 1.51. The molecule has 2 heterocycles. The molecule has 0 spiro atoms. The Morgan fingerprint density at radius 3 is 2.21 bits per heavy atom. The van der Waals surface area contributed by atoms with Crippen LogP contribution in [0.5, 0.6) is 0 Å². The molecule has 1 fully saturated rings. The predicted octanol–water partition coefficient (Wildman–Crippen LogP) is 3.58. The number of aromatic nitrogens is 1. The Morgan fingerprint density at radius 2 is 1.50 bits per heavy atom. The predicted molar refractivity (Wildman–Crippen MR) is 110 cm³/mol. The fourth-order valence-corrected chi connectivity index (χ4v) is 3.32. The Hall–Kier alpha value is -2.89. The number of hydrogen-bond donors (Lipinski definition) is 1. The summed E-state index contributed by atoms with van der Waals surface area (Å²) >= 11 is 0. The summed E-state index contributed by atoms with van der Waals surface area (Å²) in [6, 6.07) is 11.7. The average molecular weight is 380 g/mol. The summed E-state index contributed by atoms with van der Waals surface area (Å²) < 4.78 is 0. The molecule has 1 aromatic heterocycles. The van der Waals surface area contributed by atoms with Gasteiger partial charge in [0.05, 0.1) is 0 Å². The topological polar surface area (TPSA) is 65.5 Å². The summed E-state index contributed by atoms with van der Waals surface area (Å²) in [5, 5.41) is 3.30. The first kappa shape index (κ1) is 19.9. The molecule has 0 atom stereocenters. The van der Waals surface area contributed by atoms with Crippen molar-refractivity contribution in [3.63, 3.8) is 0 Å². The van der Waals surface area contributed by atoms with Gasteiger partial charge in [0.1, 0.15) is 0 Å². The minimum absolute atomic E-state index is 0.362. The van der Waals surface area contributed by atoms with Crippen LogP contribution in [0.25, 0.3) is 0 Å². The second-order valence-electron chi connectivity index (χ2n) is 7.14. The van der Waals surface area contributed by atoms with Crippen molar-refractivity contribution in [3.8, 4) is 0 Å². The SMILES string of the molecule is CCCCCCN1CCN(Cc2ccc(Nc3ccncc3)cc2)C(=O)C1=O. The molecule has 148 valence electrons. The van der Waals surface area contributed by atoms with Gasteiger partial charge < -0.3 is 15.1 Å². The molecule has 0 radical (unpaired) electrons. The number of amides is 2. The summed E-state index contributed by atoms with van der Waals surface area (Å²) in [5.74, 6) is -0.751. The van der Waals surface area contributed by atoms with E-state index >= 15 is 0 Å². The third kappa shape index (κ3) is 5.31. The fourth-order valence-electron chi connectivity index (χ4n) is 3.32. The number of anilines is 2. The van der Waals surface area contributed by atoms with E-state index in [-0.39, 0.29) is 11.8 Å². The number of hydrogen-bond acceptors (Lipinski definition) is 4. The van der Waals surface area contributed by atoms with Gasteiger partial charge in [-0.1, -0.05) is 38.3 Å². The van der Waals surface area contributed by atoms with Crippen LogP contribution in [0.15, 0.2) is 48.8 Å². The van der Waals surface area contributed by atoms with E-state index < -0.39 is 0 Å². The Morgan fingerprint density at radius 1 is 0.857 bits per heavy atom. The van der Waals surface area contributed by atoms with Gasteiger partial charge in [0.2, 0.25) is 0 Å². The van der Waals surface area contributed by atoms with Crippen molar-refractivity contribution in [1.82, 2.24) is 14.8 Å². The first-order valence-electron chi connectivity index (χ1n) is 10.0. The highest BCUT2D eigenvalue weighted by Crippen LogP contribution is 2.18. The van der Waals surface area contributed by atoms with E-state index in [2.05, 4.69) is 17.2 Å². The quantitative estimate of drug-likeness (QED) is 0.533. The van der Waals surface area contributed by atoms with Crippen LogP contribution < -0.4 is 5.32 Å². The minimum Gasteiger partial charge on any atom is -0.355 e. The molecule has 1 aliphatic rings. The van der Waals surface area contributed by atoms with Gasteiger partial charge in [-0.25, -0.2) is 0 Å². The summed E-state index contributed by atoms with van der Waals surface area (Å²) in [6.07, 6.45) is 7.90.